The lowest BCUT2D eigenvalue weighted by molar-refractivity contribution is 0.581. The van der Waals surface area contributed by atoms with Crippen molar-refractivity contribution in [3.05, 3.63) is 54.2 Å². The number of nitrogens with one attached hydrogen (secondary N) is 1. The van der Waals surface area contributed by atoms with Gasteiger partial charge in [-0.3, -0.25) is 0 Å². The van der Waals surface area contributed by atoms with Crippen LogP contribution < -0.4 is 10.5 Å². The van der Waals surface area contributed by atoms with Crippen LogP contribution in [-0.4, -0.2) is 13.4 Å². The quantitative estimate of drug-likeness (QED) is 0.866. The minimum absolute atomic E-state index is 0.104. The Morgan fingerprint density at radius 1 is 1.11 bits per heavy atom. The molecular weight excluding hydrogens is 250 g/mol. The highest BCUT2D eigenvalue weighted by molar-refractivity contribution is 7.89. The van der Waals surface area contributed by atoms with E-state index in [1.807, 2.05) is 30.3 Å². The highest BCUT2D eigenvalue weighted by atomic mass is 32.2. The van der Waals surface area contributed by atoms with Gasteiger partial charge in [-0.05, 0) is 17.7 Å². The van der Waals surface area contributed by atoms with Crippen LogP contribution in [0.2, 0.25) is 0 Å². The zero-order valence-corrected chi connectivity index (χ0v) is 10.4. The number of anilines is 1. The fourth-order valence-corrected chi connectivity index (χ4v) is 2.37. The molecule has 5 nitrogen and oxygen atoms in total. The van der Waals surface area contributed by atoms with Crippen LogP contribution in [0.25, 0.3) is 0 Å². The number of nitrogens with two attached hydrogens (primary N) is 1. The van der Waals surface area contributed by atoms with E-state index in [1.165, 1.54) is 18.3 Å². The monoisotopic (exact) mass is 263 g/mol. The maximum absolute atomic E-state index is 11.9. The van der Waals surface area contributed by atoms with E-state index in [0.29, 0.717) is 0 Å². The molecule has 0 bridgehead atoms. The van der Waals surface area contributed by atoms with Crippen molar-refractivity contribution in [3.63, 3.8) is 0 Å². The average molecular weight is 263 g/mol. The van der Waals surface area contributed by atoms with Crippen LogP contribution in [0.3, 0.4) is 0 Å². The summed E-state index contributed by atoms with van der Waals surface area (Å²) in [6.07, 6.45) is 1.24. The smallest absolute Gasteiger partial charge is 0.242 e. The topological polar surface area (TPSA) is 85.1 Å². The number of benzene rings is 1. The number of pyridine rings is 1. The first kappa shape index (κ1) is 12.5. The average Bonchev–Trinajstić information content (AvgIpc) is 2.38. The predicted octanol–water partition coefficient (Wildman–Crippen LogP) is 1.14. The van der Waals surface area contributed by atoms with Crippen LogP contribution in [0.1, 0.15) is 5.56 Å². The van der Waals surface area contributed by atoms with Gasteiger partial charge in [-0.25, -0.2) is 18.1 Å². The third kappa shape index (κ3) is 3.06. The molecule has 0 radical (unpaired) electrons. The number of nitrogen functional groups attached to an aromatic ring is 1. The molecule has 94 valence electrons. The lowest BCUT2D eigenvalue weighted by Crippen LogP contribution is -2.23. The maximum Gasteiger partial charge on any atom is 0.242 e. The molecule has 0 atom stereocenters. The summed E-state index contributed by atoms with van der Waals surface area (Å²) in [5.74, 6) is 0.289. The number of rotatable bonds is 4. The second-order valence-electron chi connectivity index (χ2n) is 3.73. The molecule has 0 saturated heterocycles. The van der Waals surface area contributed by atoms with Gasteiger partial charge in [-0.15, -0.1) is 0 Å². The zero-order chi connectivity index (χ0) is 13.0. The fourth-order valence-electron chi connectivity index (χ4n) is 1.41. The van der Waals surface area contributed by atoms with E-state index in [9.17, 15) is 8.42 Å². The van der Waals surface area contributed by atoms with E-state index in [0.717, 1.165) is 5.56 Å². The van der Waals surface area contributed by atoms with Gasteiger partial charge < -0.3 is 5.73 Å². The first-order valence-corrected chi connectivity index (χ1v) is 6.81. The summed E-state index contributed by atoms with van der Waals surface area (Å²) in [5, 5.41) is 0. The molecule has 6 heteroatoms. The third-order valence-corrected chi connectivity index (χ3v) is 3.77. The molecule has 0 aliphatic carbocycles. The molecule has 18 heavy (non-hydrogen) atoms. The Balaban J connectivity index is 2.11. The highest BCUT2D eigenvalue weighted by Crippen LogP contribution is 2.09. The van der Waals surface area contributed by atoms with Gasteiger partial charge in [0.2, 0.25) is 10.0 Å². The van der Waals surface area contributed by atoms with Gasteiger partial charge in [0.25, 0.3) is 0 Å². The van der Waals surface area contributed by atoms with Crippen molar-refractivity contribution in [2.75, 3.05) is 5.73 Å². The second-order valence-corrected chi connectivity index (χ2v) is 5.50. The molecule has 1 heterocycles. The number of sulfonamides is 1. The molecule has 3 N–H and O–H groups in total. The van der Waals surface area contributed by atoms with Gasteiger partial charge in [0, 0.05) is 12.7 Å². The van der Waals surface area contributed by atoms with Crippen molar-refractivity contribution in [1.82, 2.24) is 9.71 Å². The van der Waals surface area contributed by atoms with Gasteiger partial charge >= 0.3 is 0 Å². The van der Waals surface area contributed by atoms with Gasteiger partial charge in [0.1, 0.15) is 10.7 Å². The summed E-state index contributed by atoms with van der Waals surface area (Å²) in [5.41, 5.74) is 6.30. The number of hydrogen-bond acceptors (Lipinski definition) is 4. The number of aromatic nitrogens is 1. The van der Waals surface area contributed by atoms with Crippen LogP contribution in [0.4, 0.5) is 5.82 Å². The Bertz CT molecular complexity index is 610. The zero-order valence-electron chi connectivity index (χ0n) is 9.58. The van der Waals surface area contributed by atoms with E-state index in [4.69, 9.17) is 5.73 Å². The first-order valence-electron chi connectivity index (χ1n) is 5.33. The van der Waals surface area contributed by atoms with Crippen LogP contribution in [0, 0.1) is 0 Å². The molecule has 2 rings (SSSR count). The summed E-state index contributed by atoms with van der Waals surface area (Å²) < 4.78 is 26.4. The first-order chi connectivity index (χ1) is 8.58. The summed E-state index contributed by atoms with van der Waals surface area (Å²) in [4.78, 5) is 3.86. The predicted molar refractivity (Wildman–Crippen MR) is 69.1 cm³/mol. The summed E-state index contributed by atoms with van der Waals surface area (Å²) in [7, 11) is -3.54. The van der Waals surface area contributed by atoms with Gasteiger partial charge in [0.15, 0.2) is 0 Å². The van der Waals surface area contributed by atoms with E-state index >= 15 is 0 Å². The molecule has 0 spiro atoms. The molecular formula is C12H13N3O2S. The lowest BCUT2D eigenvalue weighted by Gasteiger charge is -2.06. The largest absolute Gasteiger partial charge is 0.384 e. The van der Waals surface area contributed by atoms with Crippen LogP contribution in [-0.2, 0) is 16.6 Å². The molecule has 0 amide bonds. The Morgan fingerprint density at radius 3 is 2.44 bits per heavy atom. The molecule has 0 fully saturated rings. The van der Waals surface area contributed by atoms with Crippen molar-refractivity contribution < 1.29 is 8.42 Å². The SMILES string of the molecule is Nc1ccc(S(=O)(=O)NCc2ccccc2)cn1. The maximum atomic E-state index is 11.9. The van der Waals surface area contributed by atoms with Gasteiger partial charge in [-0.1, -0.05) is 30.3 Å². The van der Waals surface area contributed by atoms with Crippen molar-refractivity contribution in [2.45, 2.75) is 11.4 Å². The van der Waals surface area contributed by atoms with E-state index < -0.39 is 10.0 Å². The van der Waals surface area contributed by atoms with Crippen LogP contribution >= 0.6 is 0 Å². The van der Waals surface area contributed by atoms with Crippen LogP contribution in [0.5, 0.6) is 0 Å². The van der Waals surface area contributed by atoms with Gasteiger partial charge in [0.05, 0.1) is 0 Å². The van der Waals surface area contributed by atoms with E-state index in [-0.39, 0.29) is 17.3 Å². The Labute approximate surface area is 106 Å². The lowest BCUT2D eigenvalue weighted by atomic mass is 10.2. The Morgan fingerprint density at radius 2 is 1.83 bits per heavy atom. The second kappa shape index (κ2) is 5.16. The molecule has 0 unspecified atom stereocenters. The Hall–Kier alpha value is -1.92. The molecule has 0 aliphatic heterocycles. The summed E-state index contributed by atoms with van der Waals surface area (Å²) in [6, 6.07) is 12.2. The summed E-state index contributed by atoms with van der Waals surface area (Å²) in [6.45, 7) is 0.244. The third-order valence-electron chi connectivity index (χ3n) is 2.38. The Kier molecular flexibility index (Phi) is 3.59. The molecule has 0 saturated carbocycles. The molecule has 2 aromatic rings. The van der Waals surface area contributed by atoms with Crippen molar-refractivity contribution >= 4 is 15.8 Å². The fraction of sp³-hybridized carbons (Fsp3) is 0.0833. The number of hydrogen-bond donors (Lipinski definition) is 2. The molecule has 1 aromatic heterocycles. The van der Waals surface area contributed by atoms with Crippen LogP contribution in [0.15, 0.2) is 53.6 Å². The van der Waals surface area contributed by atoms with E-state index in [1.54, 1.807) is 0 Å². The minimum Gasteiger partial charge on any atom is -0.384 e. The van der Waals surface area contributed by atoms with Crippen molar-refractivity contribution in [2.24, 2.45) is 0 Å². The molecule has 0 aliphatic rings. The van der Waals surface area contributed by atoms with Gasteiger partial charge in [-0.2, -0.15) is 0 Å². The highest BCUT2D eigenvalue weighted by Gasteiger charge is 2.13. The normalized spacial score (nSPS) is 11.3. The van der Waals surface area contributed by atoms with E-state index in [2.05, 4.69) is 9.71 Å². The molecule has 1 aromatic carbocycles. The minimum atomic E-state index is -3.54. The van der Waals surface area contributed by atoms with Crippen molar-refractivity contribution in [1.29, 1.82) is 0 Å². The van der Waals surface area contributed by atoms with Crippen molar-refractivity contribution in [3.8, 4) is 0 Å². The number of nitrogens with zero attached hydrogens (tertiary/aromatic N) is 1. The summed E-state index contributed by atoms with van der Waals surface area (Å²) >= 11 is 0. The standard InChI is InChI=1S/C12H13N3O2S/c13-12-7-6-11(9-14-12)18(16,17)15-8-10-4-2-1-3-5-10/h1-7,9,15H,8H2,(H2,13,14).